The van der Waals surface area contributed by atoms with Crippen LogP contribution in [0.1, 0.15) is 26.5 Å². The number of ether oxygens (including phenoxy) is 1. The highest BCUT2D eigenvalue weighted by Crippen LogP contribution is 2.17. The summed E-state index contributed by atoms with van der Waals surface area (Å²) in [6.45, 7) is 2.16. The number of aryl methyl sites for hydroxylation is 2. The van der Waals surface area contributed by atoms with Crippen LogP contribution in [0.3, 0.4) is 0 Å². The monoisotopic (exact) mass is 430 g/mol. The van der Waals surface area contributed by atoms with Crippen molar-refractivity contribution in [3.8, 4) is 5.75 Å². The summed E-state index contributed by atoms with van der Waals surface area (Å²) in [4.78, 5) is 24.7. The molecule has 0 aliphatic carbocycles. The topological polar surface area (TPSA) is 103 Å². The molecule has 2 heterocycles. The summed E-state index contributed by atoms with van der Waals surface area (Å²) in [5.74, 6) is 0.120. The first kappa shape index (κ1) is 20.9. The Balaban J connectivity index is 1.32. The first-order valence-corrected chi connectivity index (χ1v) is 9.92. The largest absolute Gasteiger partial charge is 0.471 e. The lowest BCUT2D eigenvalue weighted by Crippen LogP contribution is -2.15. The lowest BCUT2D eigenvalue weighted by molar-refractivity contribution is 0.101. The zero-order valence-electron chi connectivity index (χ0n) is 17.6. The Kier molecular flexibility index (Phi) is 5.98. The first-order valence-electron chi connectivity index (χ1n) is 9.92. The minimum atomic E-state index is -0.343. The SMILES string of the molecule is Cc1ccccc1OCn1ccc(C(=O)Nc2ccc(NC(=O)c3ccn(C)n3)cc2)n1. The Morgan fingerprint density at radius 3 is 2.03 bits per heavy atom. The third kappa shape index (κ3) is 5.01. The van der Waals surface area contributed by atoms with Gasteiger partial charge in [0.15, 0.2) is 18.1 Å². The third-order valence-corrected chi connectivity index (χ3v) is 4.67. The first-order chi connectivity index (χ1) is 15.5. The molecule has 0 fully saturated rings. The molecule has 9 heteroatoms. The number of benzene rings is 2. The van der Waals surface area contributed by atoms with Gasteiger partial charge in [-0.05, 0) is 55.0 Å². The van der Waals surface area contributed by atoms with Crippen LogP contribution >= 0.6 is 0 Å². The van der Waals surface area contributed by atoms with Crippen LogP contribution in [0.15, 0.2) is 73.1 Å². The van der Waals surface area contributed by atoms with Crippen molar-refractivity contribution < 1.29 is 14.3 Å². The molecule has 0 aliphatic rings. The smallest absolute Gasteiger partial charge is 0.276 e. The maximum atomic E-state index is 12.5. The molecule has 0 spiro atoms. The van der Waals surface area contributed by atoms with Crippen molar-refractivity contribution in [1.29, 1.82) is 0 Å². The van der Waals surface area contributed by atoms with Gasteiger partial charge in [-0.3, -0.25) is 14.3 Å². The summed E-state index contributed by atoms with van der Waals surface area (Å²) in [5.41, 5.74) is 2.79. The molecule has 2 N–H and O–H groups in total. The van der Waals surface area contributed by atoms with Gasteiger partial charge in [0.25, 0.3) is 11.8 Å². The Hall–Kier alpha value is -4.40. The van der Waals surface area contributed by atoms with Gasteiger partial charge < -0.3 is 15.4 Å². The normalized spacial score (nSPS) is 10.6. The summed E-state index contributed by atoms with van der Waals surface area (Å²) in [5, 5.41) is 13.9. The van der Waals surface area contributed by atoms with Gasteiger partial charge in [-0.1, -0.05) is 18.2 Å². The fourth-order valence-corrected chi connectivity index (χ4v) is 2.97. The molecule has 0 radical (unpaired) electrons. The second-order valence-corrected chi connectivity index (χ2v) is 7.14. The molecule has 0 saturated carbocycles. The lowest BCUT2D eigenvalue weighted by atomic mass is 10.2. The van der Waals surface area contributed by atoms with Crippen molar-refractivity contribution in [3.63, 3.8) is 0 Å². The molecule has 0 atom stereocenters. The van der Waals surface area contributed by atoms with Crippen molar-refractivity contribution in [2.24, 2.45) is 7.05 Å². The van der Waals surface area contributed by atoms with Crippen LogP contribution < -0.4 is 15.4 Å². The minimum Gasteiger partial charge on any atom is -0.471 e. The summed E-state index contributed by atoms with van der Waals surface area (Å²) in [7, 11) is 1.74. The molecule has 2 aromatic carbocycles. The molecule has 4 rings (SSSR count). The molecule has 2 amide bonds. The van der Waals surface area contributed by atoms with E-state index in [-0.39, 0.29) is 24.2 Å². The van der Waals surface area contributed by atoms with E-state index in [2.05, 4.69) is 20.8 Å². The molecule has 2 aromatic heterocycles. The summed E-state index contributed by atoms with van der Waals surface area (Å²) in [6, 6.07) is 17.7. The number of nitrogens with one attached hydrogen (secondary N) is 2. The second kappa shape index (κ2) is 9.17. The van der Waals surface area contributed by atoms with Crippen LogP contribution in [-0.2, 0) is 13.8 Å². The van der Waals surface area contributed by atoms with Gasteiger partial charge in [0.05, 0.1) is 0 Å². The molecular weight excluding hydrogens is 408 g/mol. The second-order valence-electron chi connectivity index (χ2n) is 7.14. The highest BCUT2D eigenvalue weighted by Gasteiger charge is 2.12. The van der Waals surface area contributed by atoms with Crippen LogP contribution in [0.5, 0.6) is 5.75 Å². The van der Waals surface area contributed by atoms with Crippen LogP contribution in [0, 0.1) is 6.92 Å². The van der Waals surface area contributed by atoms with Crippen molar-refractivity contribution in [2.75, 3.05) is 10.6 Å². The number of carbonyl (C=O) groups is 2. The molecular formula is C23H22N6O3. The highest BCUT2D eigenvalue weighted by molar-refractivity contribution is 6.04. The average molecular weight is 430 g/mol. The van der Waals surface area contributed by atoms with E-state index in [4.69, 9.17) is 4.74 Å². The van der Waals surface area contributed by atoms with E-state index in [1.165, 1.54) is 0 Å². The summed E-state index contributed by atoms with van der Waals surface area (Å²) >= 11 is 0. The third-order valence-electron chi connectivity index (χ3n) is 4.67. The van der Waals surface area contributed by atoms with Crippen molar-refractivity contribution in [1.82, 2.24) is 19.6 Å². The predicted molar refractivity (Wildman–Crippen MR) is 120 cm³/mol. The number of carbonyl (C=O) groups excluding carboxylic acids is 2. The van der Waals surface area contributed by atoms with Gasteiger partial charge in [0, 0.05) is 30.8 Å². The van der Waals surface area contributed by atoms with E-state index >= 15 is 0 Å². The number of nitrogens with zero attached hydrogens (tertiary/aromatic N) is 4. The zero-order valence-corrected chi connectivity index (χ0v) is 17.6. The summed E-state index contributed by atoms with van der Waals surface area (Å²) < 4.78 is 8.85. The number of anilines is 2. The fourth-order valence-electron chi connectivity index (χ4n) is 2.97. The maximum Gasteiger partial charge on any atom is 0.276 e. The average Bonchev–Trinajstić information content (AvgIpc) is 3.44. The van der Waals surface area contributed by atoms with Gasteiger partial charge >= 0.3 is 0 Å². The number of para-hydroxylation sites is 1. The van der Waals surface area contributed by atoms with Gasteiger partial charge in [-0.2, -0.15) is 10.2 Å². The summed E-state index contributed by atoms with van der Waals surface area (Å²) in [6.07, 6.45) is 3.38. The highest BCUT2D eigenvalue weighted by atomic mass is 16.5. The van der Waals surface area contributed by atoms with Crippen LogP contribution in [0.25, 0.3) is 0 Å². The fraction of sp³-hybridized carbons (Fsp3) is 0.130. The Labute approximate surface area is 184 Å². The molecule has 0 aliphatic heterocycles. The molecule has 162 valence electrons. The van der Waals surface area contributed by atoms with E-state index in [1.54, 1.807) is 65.2 Å². The van der Waals surface area contributed by atoms with E-state index in [1.807, 2.05) is 31.2 Å². The van der Waals surface area contributed by atoms with Gasteiger partial charge in [-0.15, -0.1) is 0 Å². The molecule has 32 heavy (non-hydrogen) atoms. The quantitative estimate of drug-likeness (QED) is 0.467. The predicted octanol–water partition coefficient (Wildman–Crippen LogP) is 3.47. The van der Waals surface area contributed by atoms with Crippen molar-refractivity contribution in [3.05, 3.63) is 90.0 Å². The van der Waals surface area contributed by atoms with Crippen LogP contribution in [0.2, 0.25) is 0 Å². The number of aromatic nitrogens is 4. The van der Waals surface area contributed by atoms with Crippen LogP contribution in [0.4, 0.5) is 11.4 Å². The van der Waals surface area contributed by atoms with Crippen molar-refractivity contribution in [2.45, 2.75) is 13.7 Å². The van der Waals surface area contributed by atoms with E-state index in [9.17, 15) is 9.59 Å². The minimum absolute atomic E-state index is 0.197. The number of hydrogen-bond donors (Lipinski definition) is 2. The van der Waals surface area contributed by atoms with Gasteiger partial charge in [0.1, 0.15) is 5.75 Å². The van der Waals surface area contributed by atoms with Gasteiger partial charge in [0.2, 0.25) is 0 Å². The molecule has 0 saturated heterocycles. The van der Waals surface area contributed by atoms with E-state index in [0.717, 1.165) is 11.3 Å². The Bertz CT molecular complexity index is 1240. The zero-order chi connectivity index (χ0) is 22.5. The van der Waals surface area contributed by atoms with E-state index < -0.39 is 0 Å². The molecule has 0 unspecified atom stereocenters. The molecule has 0 bridgehead atoms. The van der Waals surface area contributed by atoms with E-state index in [0.29, 0.717) is 17.1 Å². The molecule has 9 nitrogen and oxygen atoms in total. The number of rotatable bonds is 7. The van der Waals surface area contributed by atoms with Crippen LogP contribution in [-0.4, -0.2) is 31.4 Å². The lowest BCUT2D eigenvalue weighted by Gasteiger charge is -2.08. The maximum absolute atomic E-state index is 12.5. The molecule has 4 aromatic rings. The number of hydrogen-bond acceptors (Lipinski definition) is 5. The Morgan fingerprint density at radius 1 is 0.844 bits per heavy atom. The van der Waals surface area contributed by atoms with Gasteiger partial charge in [-0.25, -0.2) is 4.68 Å². The van der Waals surface area contributed by atoms with Crippen molar-refractivity contribution >= 4 is 23.2 Å². The standard InChI is InChI=1S/C23H22N6O3/c1-16-5-3-4-6-21(16)32-15-29-14-12-20(27-29)23(31)25-18-9-7-17(8-10-18)24-22(30)19-11-13-28(2)26-19/h3-14H,15H2,1-2H3,(H,24,30)(H,25,31). The number of amides is 2. The Morgan fingerprint density at radius 2 is 1.44 bits per heavy atom.